The van der Waals surface area contributed by atoms with E-state index in [2.05, 4.69) is 0 Å². The van der Waals surface area contributed by atoms with E-state index in [4.69, 9.17) is 18.6 Å². The molecule has 0 unspecified atom stereocenters. The molecule has 2 heterocycles. The van der Waals surface area contributed by atoms with E-state index >= 15 is 0 Å². The van der Waals surface area contributed by atoms with E-state index in [0.29, 0.717) is 49.1 Å². The van der Waals surface area contributed by atoms with Gasteiger partial charge in [0.2, 0.25) is 17.1 Å². The Hall–Kier alpha value is -3.00. The van der Waals surface area contributed by atoms with E-state index in [1.54, 1.807) is 30.0 Å². The third-order valence-corrected chi connectivity index (χ3v) is 4.94. The molecule has 0 radical (unpaired) electrons. The molecule has 3 rings (SSSR count). The SMILES string of the molecule is COc1ccc([C@@H](CC(=O)N2CCOCC2)c2oc(C)cc(=O)c2O)cc1OC. The standard InChI is InChI=1S/C21H25NO7/c1-13-10-16(23)20(25)21(29-13)15(12-19(24)22-6-8-28-9-7-22)14-4-5-17(26-2)18(11-14)27-3/h4-5,10-11,15,25H,6-9,12H2,1-3H3/t15-/m1/s1. The molecule has 2 aromatic rings. The zero-order chi connectivity index (χ0) is 21.0. The highest BCUT2D eigenvalue weighted by Crippen LogP contribution is 2.37. The van der Waals surface area contributed by atoms with Crippen molar-refractivity contribution in [2.24, 2.45) is 0 Å². The molecule has 0 aliphatic carbocycles. The van der Waals surface area contributed by atoms with Gasteiger partial charge in [-0.05, 0) is 24.6 Å². The highest BCUT2D eigenvalue weighted by atomic mass is 16.5. The van der Waals surface area contributed by atoms with Gasteiger partial charge in [0.05, 0.1) is 33.4 Å². The number of hydrogen-bond donors (Lipinski definition) is 1. The van der Waals surface area contributed by atoms with E-state index in [1.165, 1.54) is 20.3 Å². The fourth-order valence-electron chi connectivity index (χ4n) is 3.41. The van der Waals surface area contributed by atoms with E-state index in [9.17, 15) is 14.7 Å². The van der Waals surface area contributed by atoms with Gasteiger partial charge in [-0.15, -0.1) is 0 Å². The number of carbonyl (C=O) groups excluding carboxylic acids is 1. The minimum atomic E-state index is -0.669. The average Bonchev–Trinajstić information content (AvgIpc) is 2.74. The third kappa shape index (κ3) is 4.54. The Morgan fingerprint density at radius 3 is 2.52 bits per heavy atom. The van der Waals surface area contributed by atoms with Crippen LogP contribution in [0.25, 0.3) is 0 Å². The van der Waals surface area contributed by atoms with Gasteiger partial charge in [-0.3, -0.25) is 9.59 Å². The predicted molar refractivity (Wildman–Crippen MR) is 105 cm³/mol. The van der Waals surface area contributed by atoms with Crippen LogP contribution in [-0.4, -0.2) is 56.4 Å². The van der Waals surface area contributed by atoms with E-state index < -0.39 is 17.1 Å². The summed E-state index contributed by atoms with van der Waals surface area (Å²) in [4.78, 5) is 26.8. The lowest BCUT2D eigenvalue weighted by molar-refractivity contribution is -0.135. The van der Waals surface area contributed by atoms with Crippen LogP contribution >= 0.6 is 0 Å². The summed E-state index contributed by atoms with van der Waals surface area (Å²) in [5, 5.41) is 10.4. The van der Waals surface area contributed by atoms with E-state index in [1.807, 2.05) is 0 Å². The molecular weight excluding hydrogens is 378 g/mol. The second kappa shape index (κ2) is 9.00. The van der Waals surface area contributed by atoms with Crippen LogP contribution in [0, 0.1) is 6.92 Å². The molecule has 8 heteroatoms. The first-order valence-corrected chi connectivity index (χ1v) is 9.35. The molecule has 1 aromatic carbocycles. The summed E-state index contributed by atoms with van der Waals surface area (Å²) in [6.07, 6.45) is 0.0233. The van der Waals surface area contributed by atoms with Crippen molar-refractivity contribution in [3.8, 4) is 17.2 Å². The van der Waals surface area contributed by atoms with Crippen LogP contribution in [-0.2, 0) is 9.53 Å². The van der Waals surface area contributed by atoms with Crippen molar-refractivity contribution in [3.05, 3.63) is 51.6 Å². The van der Waals surface area contributed by atoms with E-state index in [0.717, 1.165) is 0 Å². The maximum atomic E-state index is 12.9. The lowest BCUT2D eigenvalue weighted by Gasteiger charge is -2.28. The smallest absolute Gasteiger partial charge is 0.227 e. The molecule has 0 bridgehead atoms. The van der Waals surface area contributed by atoms with Crippen LogP contribution in [0.15, 0.2) is 33.5 Å². The molecule has 8 nitrogen and oxygen atoms in total. The van der Waals surface area contributed by atoms with Crippen molar-refractivity contribution in [2.75, 3.05) is 40.5 Å². The largest absolute Gasteiger partial charge is 0.502 e. The monoisotopic (exact) mass is 403 g/mol. The molecule has 1 N–H and O–H groups in total. The summed E-state index contributed by atoms with van der Waals surface area (Å²) in [6, 6.07) is 6.41. The molecule has 1 aliphatic rings. The highest BCUT2D eigenvalue weighted by molar-refractivity contribution is 5.78. The Labute approximate surface area is 168 Å². The molecule has 156 valence electrons. The second-order valence-corrected chi connectivity index (χ2v) is 6.80. The van der Waals surface area contributed by atoms with Crippen molar-refractivity contribution in [1.29, 1.82) is 0 Å². The number of nitrogens with zero attached hydrogens (tertiary/aromatic N) is 1. The lowest BCUT2D eigenvalue weighted by atomic mass is 9.91. The number of rotatable bonds is 6. The Morgan fingerprint density at radius 1 is 1.17 bits per heavy atom. The molecule has 1 aliphatic heterocycles. The number of ether oxygens (including phenoxy) is 3. The van der Waals surface area contributed by atoms with Crippen molar-refractivity contribution >= 4 is 5.91 Å². The first kappa shape index (κ1) is 20.7. The normalized spacial score (nSPS) is 15.1. The van der Waals surface area contributed by atoms with Gasteiger partial charge in [0, 0.05) is 25.6 Å². The zero-order valence-corrected chi connectivity index (χ0v) is 16.8. The molecule has 1 amide bonds. The van der Waals surface area contributed by atoms with E-state index in [-0.39, 0.29) is 18.1 Å². The minimum absolute atomic E-state index is 0.0233. The third-order valence-electron chi connectivity index (χ3n) is 4.94. The number of benzene rings is 1. The van der Waals surface area contributed by atoms with Gasteiger partial charge in [-0.1, -0.05) is 6.07 Å². The minimum Gasteiger partial charge on any atom is -0.502 e. The number of carbonyl (C=O) groups is 1. The van der Waals surface area contributed by atoms with Gasteiger partial charge in [-0.25, -0.2) is 0 Å². The summed E-state index contributed by atoms with van der Waals surface area (Å²) in [5.41, 5.74) is 0.112. The number of amides is 1. The molecule has 0 spiro atoms. The van der Waals surface area contributed by atoms with Crippen LogP contribution < -0.4 is 14.9 Å². The molecule has 1 saturated heterocycles. The molecular formula is C21H25NO7. The number of aryl methyl sites for hydroxylation is 1. The summed E-state index contributed by atoms with van der Waals surface area (Å²) in [5.74, 6) is 0.142. The second-order valence-electron chi connectivity index (χ2n) is 6.80. The Kier molecular flexibility index (Phi) is 6.43. The Morgan fingerprint density at radius 2 is 1.86 bits per heavy atom. The summed E-state index contributed by atoms with van der Waals surface area (Å²) in [7, 11) is 3.04. The van der Waals surface area contributed by atoms with Gasteiger partial charge in [0.25, 0.3) is 0 Å². The first-order valence-electron chi connectivity index (χ1n) is 9.35. The highest BCUT2D eigenvalue weighted by Gasteiger charge is 2.29. The number of methoxy groups -OCH3 is 2. The van der Waals surface area contributed by atoms with Crippen LogP contribution in [0.4, 0.5) is 0 Å². The zero-order valence-electron chi connectivity index (χ0n) is 16.8. The number of hydrogen-bond acceptors (Lipinski definition) is 7. The maximum Gasteiger partial charge on any atom is 0.227 e. The Balaban J connectivity index is 2.04. The van der Waals surface area contributed by atoms with Gasteiger partial charge in [0.1, 0.15) is 5.76 Å². The molecule has 1 atom stereocenters. The molecule has 1 fully saturated rings. The number of morpholine rings is 1. The van der Waals surface area contributed by atoms with Crippen molar-refractivity contribution in [3.63, 3.8) is 0 Å². The first-order chi connectivity index (χ1) is 13.9. The number of aromatic hydroxyl groups is 1. The van der Waals surface area contributed by atoms with Crippen LogP contribution in [0.2, 0.25) is 0 Å². The van der Waals surface area contributed by atoms with Crippen molar-refractivity contribution in [1.82, 2.24) is 4.90 Å². The summed E-state index contributed by atoms with van der Waals surface area (Å²) in [6.45, 7) is 3.59. The van der Waals surface area contributed by atoms with Gasteiger partial charge in [0.15, 0.2) is 17.3 Å². The van der Waals surface area contributed by atoms with Gasteiger partial charge in [-0.2, -0.15) is 0 Å². The van der Waals surface area contributed by atoms with Crippen LogP contribution in [0.1, 0.15) is 29.4 Å². The molecule has 1 aromatic heterocycles. The quantitative estimate of drug-likeness (QED) is 0.788. The van der Waals surface area contributed by atoms with Crippen molar-refractivity contribution in [2.45, 2.75) is 19.3 Å². The predicted octanol–water partition coefficient (Wildman–Crippen LogP) is 2.05. The van der Waals surface area contributed by atoms with Crippen LogP contribution in [0.5, 0.6) is 17.2 Å². The fourth-order valence-corrected chi connectivity index (χ4v) is 3.41. The summed E-state index contributed by atoms with van der Waals surface area (Å²) >= 11 is 0. The fraction of sp³-hybridized carbons (Fsp3) is 0.429. The Bertz CT molecular complexity index is 931. The lowest BCUT2D eigenvalue weighted by Crippen LogP contribution is -2.41. The van der Waals surface area contributed by atoms with Gasteiger partial charge < -0.3 is 28.6 Å². The molecule has 0 saturated carbocycles. The van der Waals surface area contributed by atoms with Crippen LogP contribution in [0.3, 0.4) is 0 Å². The topological polar surface area (TPSA) is 98.4 Å². The summed E-state index contributed by atoms with van der Waals surface area (Å²) < 4.78 is 21.7. The molecule has 29 heavy (non-hydrogen) atoms. The average molecular weight is 403 g/mol. The maximum absolute atomic E-state index is 12.9. The van der Waals surface area contributed by atoms with Crippen molar-refractivity contribution < 1.29 is 28.5 Å². The van der Waals surface area contributed by atoms with Gasteiger partial charge >= 0.3 is 0 Å².